The fourth-order valence-corrected chi connectivity index (χ4v) is 5.67. The first kappa shape index (κ1) is 18.7. The van der Waals surface area contributed by atoms with Crippen molar-refractivity contribution in [2.24, 2.45) is 0 Å². The molecule has 148 valence electrons. The quantitative estimate of drug-likeness (QED) is 0.768. The van der Waals surface area contributed by atoms with E-state index in [4.69, 9.17) is 4.74 Å². The van der Waals surface area contributed by atoms with Gasteiger partial charge >= 0.3 is 0 Å². The van der Waals surface area contributed by atoms with Crippen LogP contribution in [0.5, 0.6) is 0 Å². The third kappa shape index (κ3) is 4.12. The second-order valence-corrected chi connectivity index (χ2v) is 9.53. The Balaban J connectivity index is 1.38. The first-order valence-corrected chi connectivity index (χ1v) is 11.4. The van der Waals surface area contributed by atoms with E-state index in [0.717, 1.165) is 39.1 Å². The number of benzene rings is 1. The maximum Gasteiger partial charge on any atom is 0.254 e. The van der Waals surface area contributed by atoms with Gasteiger partial charge in [0.25, 0.3) is 5.91 Å². The minimum atomic E-state index is -3.24. The van der Waals surface area contributed by atoms with Crippen LogP contribution in [-0.2, 0) is 14.8 Å². The normalized spacial score (nSPS) is 25.9. The van der Waals surface area contributed by atoms with E-state index in [9.17, 15) is 13.2 Å². The molecule has 0 aliphatic carbocycles. The fourth-order valence-electron chi connectivity index (χ4n) is 4.12. The number of piperazine rings is 1. The van der Waals surface area contributed by atoms with E-state index in [0.29, 0.717) is 43.4 Å². The van der Waals surface area contributed by atoms with Crippen molar-refractivity contribution in [3.8, 4) is 0 Å². The van der Waals surface area contributed by atoms with Gasteiger partial charge in [0, 0.05) is 51.4 Å². The van der Waals surface area contributed by atoms with Crippen molar-refractivity contribution in [1.82, 2.24) is 9.80 Å². The van der Waals surface area contributed by atoms with Gasteiger partial charge in [-0.25, -0.2) is 8.42 Å². The molecule has 0 saturated carbocycles. The Bertz CT molecular complexity index is 784. The molecule has 0 bridgehead atoms. The molecular formula is C19H27N3O4S. The number of hydrogen-bond acceptors (Lipinski definition) is 5. The lowest BCUT2D eigenvalue weighted by Gasteiger charge is -2.35. The third-order valence-corrected chi connectivity index (χ3v) is 7.50. The average molecular weight is 394 g/mol. The number of carbonyl (C=O) groups is 1. The summed E-state index contributed by atoms with van der Waals surface area (Å²) in [6.45, 7) is 5.39. The van der Waals surface area contributed by atoms with Crippen LogP contribution >= 0.6 is 0 Å². The summed E-state index contributed by atoms with van der Waals surface area (Å²) < 4.78 is 31.4. The van der Waals surface area contributed by atoms with E-state index >= 15 is 0 Å². The molecular weight excluding hydrogens is 366 g/mol. The molecule has 27 heavy (non-hydrogen) atoms. The molecule has 1 atom stereocenters. The van der Waals surface area contributed by atoms with Gasteiger partial charge in [-0.15, -0.1) is 0 Å². The Hall–Kier alpha value is -1.64. The van der Waals surface area contributed by atoms with E-state index in [-0.39, 0.29) is 11.7 Å². The van der Waals surface area contributed by atoms with Crippen molar-refractivity contribution in [2.75, 3.05) is 55.9 Å². The monoisotopic (exact) mass is 393 g/mol. The van der Waals surface area contributed by atoms with Crippen LogP contribution in [0.1, 0.15) is 29.6 Å². The predicted molar refractivity (Wildman–Crippen MR) is 104 cm³/mol. The number of carbonyl (C=O) groups excluding carboxylic acids is 1. The fraction of sp³-hybridized carbons (Fsp3) is 0.632. The standard InChI is InChI=1S/C19H27N3O4S/c23-19(21-10-8-20(9-11-21)15-18-6-2-12-26-18)16-4-1-5-17(14-16)22-7-3-13-27(22,24)25/h1,4-5,14,18H,2-3,6-13,15H2. The van der Waals surface area contributed by atoms with Crippen LogP contribution in [0.3, 0.4) is 0 Å². The van der Waals surface area contributed by atoms with Crippen LogP contribution in [0.2, 0.25) is 0 Å². The summed E-state index contributed by atoms with van der Waals surface area (Å²) in [7, 11) is -3.24. The van der Waals surface area contributed by atoms with Crippen molar-refractivity contribution in [2.45, 2.75) is 25.4 Å². The number of amides is 1. The third-order valence-electron chi connectivity index (χ3n) is 5.63. The number of hydrogen-bond donors (Lipinski definition) is 0. The molecule has 8 heteroatoms. The summed E-state index contributed by atoms with van der Waals surface area (Å²) >= 11 is 0. The van der Waals surface area contributed by atoms with Crippen molar-refractivity contribution in [3.05, 3.63) is 29.8 Å². The molecule has 4 rings (SSSR count). The van der Waals surface area contributed by atoms with Crippen molar-refractivity contribution in [3.63, 3.8) is 0 Å². The number of rotatable bonds is 4. The largest absolute Gasteiger partial charge is 0.377 e. The van der Waals surface area contributed by atoms with Crippen molar-refractivity contribution >= 4 is 21.6 Å². The first-order chi connectivity index (χ1) is 13.0. The van der Waals surface area contributed by atoms with E-state index in [2.05, 4.69) is 4.90 Å². The summed E-state index contributed by atoms with van der Waals surface area (Å²) in [6, 6.07) is 7.01. The van der Waals surface area contributed by atoms with Crippen LogP contribution in [0.15, 0.2) is 24.3 Å². The summed E-state index contributed by atoms with van der Waals surface area (Å²) in [5, 5.41) is 0. The molecule has 7 nitrogen and oxygen atoms in total. The van der Waals surface area contributed by atoms with Gasteiger partial charge < -0.3 is 9.64 Å². The van der Waals surface area contributed by atoms with Gasteiger partial charge in [0.05, 0.1) is 17.5 Å². The smallest absolute Gasteiger partial charge is 0.254 e. The lowest BCUT2D eigenvalue weighted by Crippen LogP contribution is -2.50. The molecule has 0 N–H and O–H groups in total. The number of sulfonamides is 1. The molecule has 3 aliphatic rings. The Morgan fingerprint density at radius 1 is 1.11 bits per heavy atom. The summed E-state index contributed by atoms with van der Waals surface area (Å²) in [5.74, 6) is 0.155. The zero-order valence-electron chi connectivity index (χ0n) is 15.5. The molecule has 0 spiro atoms. The van der Waals surface area contributed by atoms with E-state index in [1.165, 1.54) is 4.31 Å². The second-order valence-electron chi connectivity index (χ2n) is 7.52. The molecule has 3 heterocycles. The highest BCUT2D eigenvalue weighted by Crippen LogP contribution is 2.25. The predicted octanol–water partition coefficient (Wildman–Crippen LogP) is 1.16. The van der Waals surface area contributed by atoms with E-state index in [1.54, 1.807) is 24.3 Å². The van der Waals surface area contributed by atoms with Crippen molar-refractivity contribution in [1.29, 1.82) is 0 Å². The van der Waals surface area contributed by atoms with Crippen LogP contribution in [0.25, 0.3) is 0 Å². The van der Waals surface area contributed by atoms with Crippen LogP contribution in [-0.4, -0.2) is 81.9 Å². The van der Waals surface area contributed by atoms with Gasteiger partial charge in [-0.1, -0.05) is 6.07 Å². The minimum Gasteiger partial charge on any atom is -0.377 e. The van der Waals surface area contributed by atoms with Gasteiger partial charge in [-0.05, 0) is 37.5 Å². The maximum atomic E-state index is 12.9. The number of anilines is 1. The molecule has 1 unspecified atom stereocenters. The molecule has 0 radical (unpaired) electrons. The molecule has 3 aliphatic heterocycles. The van der Waals surface area contributed by atoms with Gasteiger partial charge in [-0.3, -0.25) is 14.0 Å². The van der Waals surface area contributed by atoms with E-state index in [1.807, 2.05) is 4.90 Å². The van der Waals surface area contributed by atoms with Gasteiger partial charge in [0.15, 0.2) is 0 Å². The van der Waals surface area contributed by atoms with Crippen LogP contribution in [0, 0.1) is 0 Å². The zero-order chi connectivity index (χ0) is 18.9. The number of ether oxygens (including phenoxy) is 1. The Morgan fingerprint density at radius 2 is 1.93 bits per heavy atom. The lowest BCUT2D eigenvalue weighted by atomic mass is 10.1. The Kier molecular flexibility index (Phi) is 5.39. The lowest BCUT2D eigenvalue weighted by molar-refractivity contribution is 0.0432. The summed E-state index contributed by atoms with van der Waals surface area (Å²) in [4.78, 5) is 17.1. The molecule has 0 aromatic heterocycles. The molecule has 1 aromatic carbocycles. The molecule has 3 saturated heterocycles. The van der Waals surface area contributed by atoms with Gasteiger partial charge in [-0.2, -0.15) is 0 Å². The van der Waals surface area contributed by atoms with Gasteiger partial charge in [0.2, 0.25) is 10.0 Å². The maximum absolute atomic E-state index is 12.9. The summed E-state index contributed by atoms with van der Waals surface area (Å²) in [5.41, 5.74) is 1.15. The Labute approximate surface area is 160 Å². The topological polar surface area (TPSA) is 70.2 Å². The van der Waals surface area contributed by atoms with Gasteiger partial charge in [0.1, 0.15) is 0 Å². The van der Waals surface area contributed by atoms with E-state index < -0.39 is 10.0 Å². The minimum absolute atomic E-state index is 0.0230. The molecule has 3 fully saturated rings. The summed E-state index contributed by atoms with van der Waals surface area (Å²) in [6.07, 6.45) is 3.25. The SMILES string of the molecule is O=C(c1cccc(N2CCCS2(=O)=O)c1)N1CCN(CC2CCCO2)CC1. The first-order valence-electron chi connectivity index (χ1n) is 9.77. The zero-order valence-corrected chi connectivity index (χ0v) is 16.4. The highest BCUT2D eigenvalue weighted by Gasteiger charge is 2.30. The molecule has 1 amide bonds. The van der Waals surface area contributed by atoms with Crippen molar-refractivity contribution < 1.29 is 17.9 Å². The highest BCUT2D eigenvalue weighted by molar-refractivity contribution is 7.93. The second kappa shape index (κ2) is 7.77. The Morgan fingerprint density at radius 3 is 2.59 bits per heavy atom. The van der Waals surface area contributed by atoms with Crippen LogP contribution in [0.4, 0.5) is 5.69 Å². The number of nitrogens with zero attached hydrogens (tertiary/aromatic N) is 3. The highest BCUT2D eigenvalue weighted by atomic mass is 32.2. The molecule has 1 aromatic rings. The van der Waals surface area contributed by atoms with Crippen LogP contribution < -0.4 is 4.31 Å². The average Bonchev–Trinajstić information content (AvgIpc) is 3.31.